The molecule has 0 bridgehead atoms. The molecule has 0 atom stereocenters. The Bertz CT molecular complexity index is 646. The fourth-order valence-corrected chi connectivity index (χ4v) is 2.40. The predicted octanol–water partition coefficient (Wildman–Crippen LogP) is 3.35. The van der Waals surface area contributed by atoms with Crippen molar-refractivity contribution in [3.63, 3.8) is 0 Å². The predicted molar refractivity (Wildman–Crippen MR) is 76.0 cm³/mol. The van der Waals surface area contributed by atoms with E-state index < -0.39 is 0 Å². The minimum absolute atomic E-state index is 0.0104. The number of hydrogen-bond donors (Lipinski definition) is 0. The molecule has 0 saturated heterocycles. The molecule has 0 N–H and O–H groups in total. The molecule has 0 saturated carbocycles. The third kappa shape index (κ3) is 2.32. The third-order valence-electron chi connectivity index (χ3n) is 3.42. The fraction of sp³-hybridized carbons (Fsp3) is 0.235. The highest BCUT2D eigenvalue weighted by Crippen LogP contribution is 2.25. The quantitative estimate of drug-likeness (QED) is 0.798. The van der Waals surface area contributed by atoms with Gasteiger partial charge in [0.25, 0.3) is 0 Å². The minimum atomic E-state index is -0.0104. The summed E-state index contributed by atoms with van der Waals surface area (Å²) in [5, 5.41) is 0. The normalized spacial score (nSPS) is 13.1. The number of para-hydroxylation sites is 1. The number of rotatable bonds is 4. The van der Waals surface area contributed by atoms with E-state index in [1.165, 1.54) is 5.56 Å². The van der Waals surface area contributed by atoms with Gasteiger partial charge in [0.05, 0.1) is 25.4 Å². The van der Waals surface area contributed by atoms with Gasteiger partial charge in [-0.15, -0.1) is 0 Å². The van der Waals surface area contributed by atoms with Gasteiger partial charge in [0.2, 0.25) is 0 Å². The van der Waals surface area contributed by atoms with E-state index in [0.717, 1.165) is 5.56 Å². The zero-order valence-electron chi connectivity index (χ0n) is 11.4. The summed E-state index contributed by atoms with van der Waals surface area (Å²) in [6, 6.07) is 13.1. The summed E-state index contributed by atoms with van der Waals surface area (Å²) in [6.07, 6.45) is 0. The van der Waals surface area contributed by atoms with Crippen molar-refractivity contribution in [1.82, 2.24) is 0 Å². The molecule has 0 aromatic heterocycles. The first-order valence-corrected chi connectivity index (χ1v) is 6.75. The average molecular weight is 268 g/mol. The van der Waals surface area contributed by atoms with Crippen LogP contribution in [0.5, 0.6) is 5.75 Å². The molecule has 0 spiro atoms. The zero-order chi connectivity index (χ0) is 13.9. The Morgan fingerprint density at radius 2 is 1.95 bits per heavy atom. The number of carbonyl (C=O) groups excluding carboxylic acids is 1. The summed E-state index contributed by atoms with van der Waals surface area (Å²) in [5.41, 5.74) is 3.55. The lowest BCUT2D eigenvalue weighted by atomic mass is 9.99. The highest BCUT2D eigenvalue weighted by molar-refractivity contribution is 6.10. The summed E-state index contributed by atoms with van der Waals surface area (Å²) >= 11 is 0. The standard InChI is InChI=1S/C17H16O3/c1-2-20-16-6-4-3-5-15(16)17(18)12-7-8-13-10-19-11-14(13)9-12/h3-9H,2,10-11H2,1H3. The molecule has 2 aromatic carbocycles. The Morgan fingerprint density at radius 1 is 1.15 bits per heavy atom. The monoisotopic (exact) mass is 268 g/mol. The highest BCUT2D eigenvalue weighted by Gasteiger charge is 2.17. The largest absolute Gasteiger partial charge is 0.493 e. The lowest BCUT2D eigenvalue weighted by Gasteiger charge is -2.09. The second kappa shape index (κ2) is 5.47. The number of ketones is 1. The highest BCUT2D eigenvalue weighted by atomic mass is 16.5. The molecule has 0 amide bonds. The van der Waals surface area contributed by atoms with Crippen LogP contribution in [-0.2, 0) is 18.0 Å². The first-order chi connectivity index (χ1) is 9.79. The fourth-order valence-electron chi connectivity index (χ4n) is 2.40. The molecular formula is C17H16O3. The SMILES string of the molecule is CCOc1ccccc1C(=O)c1ccc2c(c1)COC2. The molecule has 1 heterocycles. The number of hydrogen-bond acceptors (Lipinski definition) is 3. The van der Waals surface area contributed by atoms with Crippen LogP contribution in [0.1, 0.15) is 34.0 Å². The van der Waals surface area contributed by atoms with Gasteiger partial charge in [-0.1, -0.05) is 24.3 Å². The van der Waals surface area contributed by atoms with Gasteiger partial charge in [0, 0.05) is 5.56 Å². The van der Waals surface area contributed by atoms with E-state index in [0.29, 0.717) is 36.7 Å². The minimum Gasteiger partial charge on any atom is -0.493 e. The summed E-state index contributed by atoms with van der Waals surface area (Å²) in [5.74, 6) is 0.625. The van der Waals surface area contributed by atoms with Crippen molar-refractivity contribution in [2.45, 2.75) is 20.1 Å². The molecule has 1 aliphatic rings. The summed E-state index contributed by atoms with van der Waals surface area (Å²) in [4.78, 5) is 12.6. The summed E-state index contributed by atoms with van der Waals surface area (Å²) < 4.78 is 10.9. The maximum absolute atomic E-state index is 12.6. The lowest BCUT2D eigenvalue weighted by molar-refractivity contribution is 0.103. The summed E-state index contributed by atoms with van der Waals surface area (Å²) in [6.45, 7) is 3.68. The van der Waals surface area contributed by atoms with Crippen LogP contribution in [0.4, 0.5) is 0 Å². The van der Waals surface area contributed by atoms with Crippen LogP contribution >= 0.6 is 0 Å². The van der Waals surface area contributed by atoms with E-state index in [1.54, 1.807) is 6.07 Å². The molecule has 0 aliphatic carbocycles. The topological polar surface area (TPSA) is 35.5 Å². The smallest absolute Gasteiger partial charge is 0.196 e. The van der Waals surface area contributed by atoms with Crippen LogP contribution in [0, 0.1) is 0 Å². The Balaban J connectivity index is 1.96. The van der Waals surface area contributed by atoms with Gasteiger partial charge in [-0.3, -0.25) is 4.79 Å². The van der Waals surface area contributed by atoms with E-state index >= 15 is 0 Å². The van der Waals surface area contributed by atoms with Gasteiger partial charge in [-0.2, -0.15) is 0 Å². The van der Waals surface area contributed by atoms with Crippen molar-refractivity contribution in [3.8, 4) is 5.75 Å². The average Bonchev–Trinajstić information content (AvgIpc) is 2.95. The molecule has 0 unspecified atom stereocenters. The van der Waals surface area contributed by atoms with E-state index in [4.69, 9.17) is 9.47 Å². The first-order valence-electron chi connectivity index (χ1n) is 6.75. The number of ether oxygens (including phenoxy) is 2. The Labute approximate surface area is 118 Å². The van der Waals surface area contributed by atoms with Crippen molar-refractivity contribution in [3.05, 3.63) is 64.7 Å². The molecule has 102 valence electrons. The van der Waals surface area contributed by atoms with Crippen LogP contribution in [0.15, 0.2) is 42.5 Å². The number of carbonyl (C=O) groups is 1. The van der Waals surface area contributed by atoms with Crippen molar-refractivity contribution in [2.24, 2.45) is 0 Å². The van der Waals surface area contributed by atoms with Crippen molar-refractivity contribution < 1.29 is 14.3 Å². The summed E-state index contributed by atoms with van der Waals surface area (Å²) in [7, 11) is 0. The van der Waals surface area contributed by atoms with Crippen LogP contribution in [0.2, 0.25) is 0 Å². The maximum atomic E-state index is 12.6. The van der Waals surface area contributed by atoms with E-state index in [-0.39, 0.29) is 5.78 Å². The van der Waals surface area contributed by atoms with Crippen LogP contribution in [0.25, 0.3) is 0 Å². The van der Waals surface area contributed by atoms with Gasteiger partial charge < -0.3 is 9.47 Å². The molecular weight excluding hydrogens is 252 g/mol. The molecule has 0 radical (unpaired) electrons. The molecule has 3 heteroatoms. The van der Waals surface area contributed by atoms with Crippen LogP contribution in [-0.4, -0.2) is 12.4 Å². The van der Waals surface area contributed by atoms with Gasteiger partial charge in [-0.05, 0) is 36.2 Å². The molecule has 2 aromatic rings. The van der Waals surface area contributed by atoms with E-state index in [1.807, 2.05) is 43.3 Å². The molecule has 3 rings (SSSR count). The second-order valence-electron chi connectivity index (χ2n) is 4.73. The van der Waals surface area contributed by atoms with Crippen LogP contribution < -0.4 is 4.74 Å². The van der Waals surface area contributed by atoms with Crippen molar-refractivity contribution in [1.29, 1.82) is 0 Å². The molecule has 1 aliphatic heterocycles. The van der Waals surface area contributed by atoms with Crippen LogP contribution in [0.3, 0.4) is 0 Å². The molecule has 20 heavy (non-hydrogen) atoms. The Morgan fingerprint density at radius 3 is 2.80 bits per heavy atom. The zero-order valence-corrected chi connectivity index (χ0v) is 11.4. The van der Waals surface area contributed by atoms with E-state index in [2.05, 4.69) is 0 Å². The van der Waals surface area contributed by atoms with Crippen molar-refractivity contribution >= 4 is 5.78 Å². The molecule has 3 nitrogen and oxygen atoms in total. The first kappa shape index (κ1) is 12.9. The second-order valence-corrected chi connectivity index (χ2v) is 4.73. The lowest BCUT2D eigenvalue weighted by Crippen LogP contribution is -2.06. The third-order valence-corrected chi connectivity index (χ3v) is 3.42. The Kier molecular flexibility index (Phi) is 3.52. The number of benzene rings is 2. The Hall–Kier alpha value is -2.13. The molecule has 0 fully saturated rings. The van der Waals surface area contributed by atoms with Gasteiger partial charge >= 0.3 is 0 Å². The maximum Gasteiger partial charge on any atom is 0.196 e. The van der Waals surface area contributed by atoms with Gasteiger partial charge in [-0.25, -0.2) is 0 Å². The number of fused-ring (bicyclic) bond motifs is 1. The van der Waals surface area contributed by atoms with E-state index in [9.17, 15) is 4.79 Å². The van der Waals surface area contributed by atoms with Gasteiger partial charge in [0.1, 0.15) is 5.75 Å². The van der Waals surface area contributed by atoms with Crippen molar-refractivity contribution in [2.75, 3.05) is 6.61 Å². The van der Waals surface area contributed by atoms with Gasteiger partial charge in [0.15, 0.2) is 5.78 Å².